The van der Waals surface area contributed by atoms with Crippen LogP contribution in [-0.2, 0) is 10.7 Å². The fourth-order valence-electron chi connectivity index (χ4n) is 5.20. The van der Waals surface area contributed by atoms with Crippen molar-refractivity contribution in [3.8, 4) is 17.6 Å². The molecule has 4 nitrogen and oxygen atoms in total. The van der Waals surface area contributed by atoms with Gasteiger partial charge in [0.1, 0.15) is 11.8 Å². The second-order valence-corrected chi connectivity index (χ2v) is 11.9. The minimum atomic E-state index is -4.35. The average molecular weight is 544 g/mol. The Balaban J connectivity index is 1.84. The maximum atomic E-state index is 13.0. The molecule has 0 radical (unpaired) electrons. The van der Waals surface area contributed by atoms with Gasteiger partial charge in [0.2, 0.25) is 0 Å². The number of pyridine rings is 2. The third-order valence-electron chi connectivity index (χ3n) is 7.73. The lowest BCUT2D eigenvalue weighted by Gasteiger charge is -2.37. The van der Waals surface area contributed by atoms with Crippen LogP contribution in [0.5, 0.6) is 5.75 Å². The van der Waals surface area contributed by atoms with Crippen molar-refractivity contribution in [2.24, 2.45) is 16.2 Å². The number of alkyl halides is 3. The number of fused-ring (bicyclic) bond motifs is 1. The smallest absolute Gasteiger partial charge is 0.411 e. The zero-order valence-corrected chi connectivity index (χ0v) is 23.5. The molecular weight excluding hydrogens is 507 g/mol. The molecule has 1 fully saturated rings. The van der Waals surface area contributed by atoms with Crippen molar-refractivity contribution in [1.82, 2.24) is 9.97 Å². The van der Waals surface area contributed by atoms with E-state index in [-0.39, 0.29) is 5.92 Å². The first-order valence-corrected chi connectivity index (χ1v) is 14.9. The number of allylic oxidation sites excluding steroid dienone is 2. The summed E-state index contributed by atoms with van der Waals surface area (Å²) in [6, 6.07) is 4.10. The highest BCUT2D eigenvalue weighted by Gasteiger charge is 2.38. The van der Waals surface area contributed by atoms with Crippen LogP contribution in [0.3, 0.4) is 0 Å². The summed E-state index contributed by atoms with van der Waals surface area (Å²) < 4.78 is 48.6. The monoisotopic (exact) mass is 543 g/mol. The molecule has 2 aromatic heterocycles. The van der Waals surface area contributed by atoms with Crippen molar-refractivity contribution in [3.05, 3.63) is 47.5 Å². The summed E-state index contributed by atoms with van der Waals surface area (Å²) in [7, 11) is 0.717. The molecule has 0 spiro atoms. The van der Waals surface area contributed by atoms with Crippen LogP contribution < -0.4 is 4.74 Å². The van der Waals surface area contributed by atoms with E-state index in [2.05, 4.69) is 30.1 Å². The lowest BCUT2D eigenvalue weighted by atomic mass is 9.68. The highest BCUT2D eigenvalue weighted by atomic mass is 32.2. The molecule has 4 rings (SSSR count). The highest BCUT2D eigenvalue weighted by Crippen LogP contribution is 2.50. The first-order chi connectivity index (χ1) is 18.1. The predicted molar refractivity (Wildman–Crippen MR) is 148 cm³/mol. The number of ether oxygens (including phenoxy) is 1. The van der Waals surface area contributed by atoms with E-state index >= 15 is 0 Å². The molecule has 0 N–H and O–H groups in total. The van der Waals surface area contributed by atoms with Crippen LogP contribution in [0.4, 0.5) is 13.2 Å². The largest absolute Gasteiger partial charge is 0.495 e. The van der Waals surface area contributed by atoms with Gasteiger partial charge in [0.25, 0.3) is 0 Å². The third kappa shape index (κ3) is 6.14. The SMILES string of the molecule is CCCC#CC1=C(c2ccc(S(C)=NC(C)C(F)(F)F)cn2)CC(C2CCC2)C(C)c2ncc(OC)cc21. The second-order valence-electron chi connectivity index (χ2n) is 10.2. The zero-order chi connectivity index (χ0) is 27.4. The fraction of sp³-hybridized carbons (Fsp3) is 0.533. The van der Waals surface area contributed by atoms with Gasteiger partial charge in [-0.25, -0.2) is 4.36 Å². The first-order valence-electron chi connectivity index (χ1n) is 13.3. The van der Waals surface area contributed by atoms with Crippen molar-refractivity contribution in [1.29, 1.82) is 0 Å². The lowest BCUT2D eigenvalue weighted by Crippen LogP contribution is -2.26. The molecule has 0 amide bonds. The van der Waals surface area contributed by atoms with E-state index in [0.717, 1.165) is 54.3 Å². The number of halogens is 3. The summed E-state index contributed by atoms with van der Waals surface area (Å²) in [5, 5.41) is 0. The number of methoxy groups -OCH3 is 1. The van der Waals surface area contributed by atoms with Gasteiger partial charge in [0.15, 0.2) is 0 Å². The van der Waals surface area contributed by atoms with Crippen LogP contribution in [0.2, 0.25) is 0 Å². The van der Waals surface area contributed by atoms with Gasteiger partial charge >= 0.3 is 6.18 Å². The number of hydrogen-bond donors (Lipinski definition) is 0. The van der Waals surface area contributed by atoms with Gasteiger partial charge in [-0.15, -0.1) is 0 Å². The minimum Gasteiger partial charge on any atom is -0.495 e. The lowest BCUT2D eigenvalue weighted by molar-refractivity contribution is -0.142. The quantitative estimate of drug-likeness (QED) is 0.349. The first kappa shape index (κ1) is 28.4. The Morgan fingerprint density at radius 1 is 1.21 bits per heavy atom. The van der Waals surface area contributed by atoms with Crippen LogP contribution in [0, 0.1) is 23.7 Å². The summed E-state index contributed by atoms with van der Waals surface area (Å²) in [6.45, 7) is 5.46. The van der Waals surface area contributed by atoms with E-state index in [0.29, 0.717) is 22.5 Å². The van der Waals surface area contributed by atoms with Gasteiger partial charge in [-0.3, -0.25) is 9.97 Å². The zero-order valence-electron chi connectivity index (χ0n) is 22.7. The molecule has 204 valence electrons. The molecule has 0 aromatic carbocycles. The number of aromatic nitrogens is 2. The van der Waals surface area contributed by atoms with Crippen LogP contribution in [0.1, 0.15) is 82.2 Å². The van der Waals surface area contributed by atoms with Crippen LogP contribution >= 0.6 is 0 Å². The van der Waals surface area contributed by atoms with Crippen molar-refractivity contribution < 1.29 is 17.9 Å². The Labute approximate surface area is 226 Å². The molecule has 0 bridgehead atoms. The molecule has 0 saturated heterocycles. The molecule has 0 aliphatic heterocycles. The van der Waals surface area contributed by atoms with Crippen molar-refractivity contribution >= 4 is 21.8 Å². The van der Waals surface area contributed by atoms with Crippen LogP contribution in [0.15, 0.2) is 39.9 Å². The van der Waals surface area contributed by atoms with E-state index < -0.39 is 22.9 Å². The third-order valence-corrected chi connectivity index (χ3v) is 9.29. The summed E-state index contributed by atoms with van der Waals surface area (Å²) in [4.78, 5) is 10.3. The van der Waals surface area contributed by atoms with E-state index in [1.165, 1.54) is 19.3 Å². The Hall–Kier alpha value is -2.66. The molecule has 38 heavy (non-hydrogen) atoms. The maximum Gasteiger partial charge on any atom is 0.411 e. The molecule has 2 aliphatic rings. The van der Waals surface area contributed by atoms with Crippen molar-refractivity contribution in [2.75, 3.05) is 13.4 Å². The van der Waals surface area contributed by atoms with Gasteiger partial charge in [-0.1, -0.05) is 55.6 Å². The summed E-state index contributed by atoms with van der Waals surface area (Å²) in [5.74, 6) is 8.79. The standard InChI is InChI=1S/C30H36F3N3OS/c1-6-7-8-12-24-26(28-14-13-23(18-34-28)38(5)36-20(3)30(31,32)33)16-25(21-10-9-11-21)19(2)29-27(24)15-22(37-4)17-35-29/h13-15,17-21,25H,6-7,9-11,16H2,1-5H3. The summed E-state index contributed by atoms with van der Waals surface area (Å²) >= 11 is 0. The second kappa shape index (κ2) is 12.0. The van der Waals surface area contributed by atoms with E-state index in [9.17, 15) is 13.2 Å². The molecule has 2 aromatic rings. The Morgan fingerprint density at radius 3 is 2.55 bits per heavy atom. The van der Waals surface area contributed by atoms with Crippen molar-refractivity contribution in [3.63, 3.8) is 0 Å². The minimum absolute atomic E-state index is 0.255. The molecule has 4 atom stereocenters. The van der Waals surface area contributed by atoms with Crippen molar-refractivity contribution in [2.45, 2.75) is 82.3 Å². The highest BCUT2D eigenvalue weighted by molar-refractivity contribution is 7.86. The van der Waals surface area contributed by atoms with Gasteiger partial charge in [0.05, 0.1) is 24.7 Å². The van der Waals surface area contributed by atoms with Crippen LogP contribution in [0.25, 0.3) is 11.1 Å². The number of unbranched alkanes of at least 4 members (excludes halogenated alkanes) is 1. The fourth-order valence-corrected chi connectivity index (χ4v) is 6.38. The van der Waals surface area contributed by atoms with Gasteiger partial charge in [-0.05, 0) is 61.6 Å². The average Bonchev–Trinajstić information content (AvgIpc) is 2.97. The van der Waals surface area contributed by atoms with Crippen LogP contribution in [-0.4, -0.2) is 35.6 Å². The molecule has 4 unspecified atom stereocenters. The summed E-state index contributed by atoms with van der Waals surface area (Å²) in [5.41, 5.74) is 4.86. The van der Waals surface area contributed by atoms with Gasteiger partial charge in [0, 0.05) is 34.6 Å². The topological polar surface area (TPSA) is 47.4 Å². The van der Waals surface area contributed by atoms with E-state index in [4.69, 9.17) is 14.7 Å². The molecule has 8 heteroatoms. The Kier molecular flexibility index (Phi) is 8.97. The van der Waals surface area contributed by atoms with Gasteiger partial charge < -0.3 is 4.74 Å². The molecule has 2 heterocycles. The molecule has 2 aliphatic carbocycles. The van der Waals surface area contributed by atoms with E-state index in [1.54, 1.807) is 25.8 Å². The number of nitrogens with zero attached hydrogens (tertiary/aromatic N) is 3. The summed E-state index contributed by atoms with van der Waals surface area (Å²) in [6.07, 6.45) is 7.09. The maximum absolute atomic E-state index is 13.0. The normalized spacial score (nSPS) is 21.6. The molecular formula is C30H36F3N3OS. The van der Waals surface area contributed by atoms with Gasteiger partial charge in [-0.2, -0.15) is 13.2 Å². The Morgan fingerprint density at radius 2 is 1.97 bits per heavy atom. The predicted octanol–water partition coefficient (Wildman–Crippen LogP) is 7.86. The Bertz CT molecular complexity index is 1270. The number of rotatable bonds is 6. The number of hydrogen-bond acceptors (Lipinski definition) is 4. The molecule has 1 saturated carbocycles. The van der Waals surface area contributed by atoms with E-state index in [1.807, 2.05) is 18.2 Å².